The van der Waals surface area contributed by atoms with Gasteiger partial charge in [-0.2, -0.15) is 13.2 Å². The first kappa shape index (κ1) is 15.2. The Kier molecular flexibility index (Phi) is 4.78. The van der Waals surface area contributed by atoms with Crippen LogP contribution in [0.3, 0.4) is 0 Å². The number of carbonyl (C=O) groups is 1. The monoisotopic (exact) mass is 262 g/mol. The summed E-state index contributed by atoms with van der Waals surface area (Å²) in [7, 11) is -4.04. The third kappa shape index (κ3) is 3.99. The Morgan fingerprint density at radius 2 is 1.81 bits per heavy atom. The van der Waals surface area contributed by atoms with E-state index < -0.39 is 38.9 Å². The van der Waals surface area contributed by atoms with Gasteiger partial charge in [0.15, 0.2) is 15.8 Å². The summed E-state index contributed by atoms with van der Waals surface area (Å²) in [5, 5.41) is 7.37. The fraction of sp³-hybridized carbons (Fsp3) is 0.875. The van der Waals surface area contributed by atoms with Gasteiger partial charge in [0.25, 0.3) is 0 Å². The Morgan fingerprint density at radius 1 is 1.38 bits per heavy atom. The molecule has 0 aromatic carbocycles. The predicted molar refractivity (Wildman–Crippen MR) is 50.7 cm³/mol. The third-order valence-corrected chi connectivity index (χ3v) is 4.64. The van der Waals surface area contributed by atoms with Gasteiger partial charge in [0.2, 0.25) is 0 Å². The van der Waals surface area contributed by atoms with Crippen molar-refractivity contribution in [3.05, 3.63) is 0 Å². The molecule has 2 unspecified atom stereocenters. The quantitative estimate of drug-likeness (QED) is 0.814. The fourth-order valence-corrected chi connectivity index (χ4v) is 2.59. The molecule has 2 atom stereocenters. The maximum atomic E-state index is 12.2. The summed E-state index contributed by atoms with van der Waals surface area (Å²) in [6.07, 6.45) is -4.90. The second-order valence-electron chi connectivity index (χ2n) is 3.48. The van der Waals surface area contributed by atoms with Crippen molar-refractivity contribution in [1.29, 1.82) is 0 Å². The minimum atomic E-state index is -5.05. The molecular formula is C8H13F3O4S. The SMILES string of the molecule is CCC(C)S(=O)(=O)CC(C(=O)O)C(F)(F)F. The summed E-state index contributed by atoms with van der Waals surface area (Å²) in [6, 6.07) is 0. The molecule has 0 bridgehead atoms. The fourth-order valence-electron chi connectivity index (χ4n) is 0.956. The van der Waals surface area contributed by atoms with Gasteiger partial charge in [-0.25, -0.2) is 8.42 Å². The zero-order valence-corrected chi connectivity index (χ0v) is 9.60. The largest absolute Gasteiger partial charge is 0.481 e. The topological polar surface area (TPSA) is 71.4 Å². The van der Waals surface area contributed by atoms with Crippen molar-refractivity contribution in [1.82, 2.24) is 0 Å². The lowest BCUT2D eigenvalue weighted by atomic mass is 10.2. The van der Waals surface area contributed by atoms with E-state index in [-0.39, 0.29) is 6.42 Å². The average molecular weight is 262 g/mol. The van der Waals surface area contributed by atoms with Crippen LogP contribution in [0.25, 0.3) is 0 Å². The minimum Gasteiger partial charge on any atom is -0.481 e. The molecule has 0 spiro atoms. The summed E-state index contributed by atoms with van der Waals surface area (Å²) in [4.78, 5) is 10.4. The number of hydrogen-bond donors (Lipinski definition) is 1. The van der Waals surface area contributed by atoms with E-state index in [4.69, 9.17) is 5.11 Å². The highest BCUT2D eigenvalue weighted by Crippen LogP contribution is 2.28. The number of halogens is 3. The Bertz CT molecular complexity index is 347. The lowest BCUT2D eigenvalue weighted by molar-refractivity contribution is -0.189. The highest BCUT2D eigenvalue weighted by Gasteiger charge is 2.48. The molecule has 0 aliphatic carbocycles. The van der Waals surface area contributed by atoms with E-state index in [2.05, 4.69) is 0 Å². The third-order valence-electron chi connectivity index (χ3n) is 2.28. The number of sulfone groups is 1. The summed E-state index contributed by atoms with van der Waals surface area (Å²) in [5.41, 5.74) is 0. The molecule has 0 saturated carbocycles. The van der Waals surface area contributed by atoms with E-state index in [9.17, 15) is 26.4 Å². The molecule has 0 aliphatic rings. The van der Waals surface area contributed by atoms with Gasteiger partial charge in [-0.05, 0) is 13.3 Å². The highest BCUT2D eigenvalue weighted by molar-refractivity contribution is 7.92. The molecule has 0 fully saturated rings. The second kappa shape index (κ2) is 5.03. The van der Waals surface area contributed by atoms with E-state index in [0.717, 1.165) is 0 Å². The van der Waals surface area contributed by atoms with Crippen molar-refractivity contribution in [2.24, 2.45) is 5.92 Å². The van der Waals surface area contributed by atoms with Crippen molar-refractivity contribution in [3.8, 4) is 0 Å². The molecule has 0 rings (SSSR count). The standard InChI is InChI=1S/C8H13F3O4S/c1-3-5(2)16(14,15)4-6(7(12)13)8(9,10)11/h5-6H,3-4H2,1-2H3,(H,12,13). The van der Waals surface area contributed by atoms with E-state index in [0.29, 0.717) is 0 Å². The lowest BCUT2D eigenvalue weighted by Gasteiger charge is -2.18. The first-order chi connectivity index (χ1) is 7.02. The van der Waals surface area contributed by atoms with Crippen molar-refractivity contribution >= 4 is 15.8 Å². The molecule has 0 aromatic rings. The van der Waals surface area contributed by atoms with Crippen molar-refractivity contribution in [3.63, 3.8) is 0 Å². The molecule has 0 radical (unpaired) electrons. The molecule has 0 aromatic heterocycles. The molecule has 1 N–H and O–H groups in total. The van der Waals surface area contributed by atoms with Crippen LogP contribution < -0.4 is 0 Å². The van der Waals surface area contributed by atoms with Crippen LogP contribution in [0.2, 0.25) is 0 Å². The molecule has 0 aliphatic heterocycles. The maximum Gasteiger partial charge on any atom is 0.403 e. The smallest absolute Gasteiger partial charge is 0.403 e. The van der Waals surface area contributed by atoms with Crippen LogP contribution in [0, 0.1) is 5.92 Å². The second-order valence-corrected chi connectivity index (χ2v) is 5.94. The number of rotatable bonds is 5. The van der Waals surface area contributed by atoms with Crippen molar-refractivity contribution in [2.75, 3.05) is 5.75 Å². The van der Waals surface area contributed by atoms with Crippen LogP contribution in [0.15, 0.2) is 0 Å². The van der Waals surface area contributed by atoms with Crippen molar-refractivity contribution in [2.45, 2.75) is 31.7 Å². The molecule has 16 heavy (non-hydrogen) atoms. The van der Waals surface area contributed by atoms with E-state index >= 15 is 0 Å². The first-order valence-corrected chi connectivity index (χ1v) is 6.25. The van der Waals surface area contributed by atoms with Crippen LogP contribution in [0.5, 0.6) is 0 Å². The number of carboxylic acids is 1. The summed E-state index contributed by atoms with van der Waals surface area (Å²) in [6.45, 7) is 2.76. The zero-order valence-electron chi connectivity index (χ0n) is 8.78. The van der Waals surface area contributed by atoms with Crippen LogP contribution >= 0.6 is 0 Å². The van der Waals surface area contributed by atoms with Crippen LogP contribution in [0.1, 0.15) is 20.3 Å². The van der Waals surface area contributed by atoms with Gasteiger partial charge < -0.3 is 5.11 Å². The Hall–Kier alpha value is -0.790. The minimum absolute atomic E-state index is 0.145. The van der Waals surface area contributed by atoms with Gasteiger partial charge in [-0.3, -0.25) is 4.79 Å². The molecule has 0 amide bonds. The molecule has 0 heterocycles. The number of aliphatic carboxylic acids is 1. The van der Waals surface area contributed by atoms with Gasteiger partial charge in [0.1, 0.15) is 0 Å². The Balaban J connectivity index is 5.00. The summed E-state index contributed by atoms with van der Waals surface area (Å²) in [5.74, 6) is -6.42. The van der Waals surface area contributed by atoms with E-state index in [1.165, 1.54) is 13.8 Å². The first-order valence-electron chi connectivity index (χ1n) is 4.53. The van der Waals surface area contributed by atoms with Gasteiger partial charge in [0, 0.05) is 0 Å². The van der Waals surface area contributed by atoms with Crippen LogP contribution in [-0.4, -0.2) is 36.7 Å². The molecule has 96 valence electrons. The van der Waals surface area contributed by atoms with E-state index in [1.807, 2.05) is 0 Å². The number of hydrogen-bond acceptors (Lipinski definition) is 3. The summed E-state index contributed by atoms with van der Waals surface area (Å²) >= 11 is 0. The molecule has 8 heteroatoms. The molecule has 0 saturated heterocycles. The summed E-state index contributed by atoms with van der Waals surface area (Å²) < 4.78 is 59.4. The number of carboxylic acid groups (broad SMARTS) is 1. The number of alkyl halides is 3. The Morgan fingerprint density at radius 3 is 2.06 bits per heavy atom. The zero-order chi connectivity index (χ0) is 13.1. The normalized spacial score (nSPS) is 16.8. The van der Waals surface area contributed by atoms with Gasteiger partial charge in [0.05, 0.1) is 11.0 Å². The highest BCUT2D eigenvalue weighted by atomic mass is 32.2. The van der Waals surface area contributed by atoms with Gasteiger partial charge in [-0.15, -0.1) is 0 Å². The molecule has 4 nitrogen and oxygen atoms in total. The van der Waals surface area contributed by atoms with Crippen molar-refractivity contribution < 1.29 is 31.5 Å². The van der Waals surface area contributed by atoms with E-state index in [1.54, 1.807) is 0 Å². The van der Waals surface area contributed by atoms with Crippen LogP contribution in [0.4, 0.5) is 13.2 Å². The van der Waals surface area contributed by atoms with Gasteiger partial charge in [-0.1, -0.05) is 6.92 Å². The predicted octanol–water partition coefficient (Wildman–Crippen LogP) is 1.46. The molecular weight excluding hydrogens is 249 g/mol. The average Bonchev–Trinajstić information content (AvgIpc) is 2.10. The van der Waals surface area contributed by atoms with Gasteiger partial charge >= 0.3 is 12.1 Å². The Labute approximate surface area is 91.4 Å². The maximum absolute atomic E-state index is 12.2. The van der Waals surface area contributed by atoms with Crippen LogP contribution in [-0.2, 0) is 14.6 Å². The lowest BCUT2D eigenvalue weighted by Crippen LogP contribution is -2.38.